The maximum absolute atomic E-state index is 12.7. The van der Waals surface area contributed by atoms with E-state index >= 15 is 0 Å². The number of carbonyl (C=O) groups is 1. The molecule has 2 aromatic heterocycles. The van der Waals surface area contributed by atoms with Crippen LogP contribution in [0.3, 0.4) is 0 Å². The van der Waals surface area contributed by atoms with Crippen molar-refractivity contribution in [2.45, 2.75) is 32.5 Å². The minimum atomic E-state index is -4.42. The highest BCUT2D eigenvalue weighted by Gasteiger charge is 2.35. The second-order valence-corrected chi connectivity index (χ2v) is 7.10. The number of ether oxygens (including phenoxy) is 1. The molecule has 1 N–H and O–H groups in total. The standard InChI is InChI=1S/C15H17F3N4O2S/c1-8-12(13(23)24-2)21-14(25-8)19-5-9-3-4-11-20-10(15(16,17)18)7-22(11)6-9/h7,9H,3-6H2,1-2H3,(H,19,21)/t9-/m1/s1. The zero-order valence-corrected chi connectivity index (χ0v) is 14.5. The van der Waals surface area contributed by atoms with Crippen LogP contribution in [0.25, 0.3) is 0 Å². The molecule has 3 rings (SSSR count). The van der Waals surface area contributed by atoms with E-state index in [-0.39, 0.29) is 11.6 Å². The molecule has 2 aromatic rings. The van der Waals surface area contributed by atoms with Crippen molar-refractivity contribution >= 4 is 22.4 Å². The first kappa shape index (κ1) is 17.7. The molecule has 1 atom stereocenters. The highest BCUT2D eigenvalue weighted by molar-refractivity contribution is 7.15. The quantitative estimate of drug-likeness (QED) is 0.833. The van der Waals surface area contributed by atoms with Gasteiger partial charge >= 0.3 is 12.1 Å². The molecule has 0 aromatic carbocycles. The Morgan fingerprint density at radius 3 is 2.92 bits per heavy atom. The van der Waals surface area contributed by atoms with Gasteiger partial charge < -0.3 is 14.6 Å². The normalized spacial score (nSPS) is 17.2. The molecule has 1 aliphatic heterocycles. The van der Waals surface area contributed by atoms with Gasteiger partial charge in [-0.3, -0.25) is 0 Å². The first-order valence-electron chi connectivity index (χ1n) is 7.70. The van der Waals surface area contributed by atoms with Gasteiger partial charge in [0.25, 0.3) is 0 Å². The Kier molecular flexibility index (Phi) is 4.72. The Morgan fingerprint density at radius 1 is 1.48 bits per heavy atom. The third-order valence-electron chi connectivity index (χ3n) is 4.10. The number of fused-ring (bicyclic) bond motifs is 1. The van der Waals surface area contributed by atoms with Crippen LogP contribution in [-0.2, 0) is 23.9 Å². The Bertz CT molecular complexity index is 784. The third kappa shape index (κ3) is 3.78. The first-order chi connectivity index (χ1) is 11.8. The van der Waals surface area contributed by atoms with Gasteiger partial charge in [-0.05, 0) is 19.3 Å². The van der Waals surface area contributed by atoms with Crippen LogP contribution in [0.4, 0.5) is 18.3 Å². The molecule has 0 amide bonds. The van der Waals surface area contributed by atoms with Crippen LogP contribution in [0.15, 0.2) is 6.20 Å². The third-order valence-corrected chi connectivity index (χ3v) is 5.03. The smallest absolute Gasteiger partial charge is 0.434 e. The fourth-order valence-corrected chi connectivity index (χ4v) is 3.62. The monoisotopic (exact) mass is 374 g/mol. The van der Waals surface area contributed by atoms with Crippen molar-refractivity contribution in [1.29, 1.82) is 0 Å². The molecule has 25 heavy (non-hydrogen) atoms. The fourth-order valence-electron chi connectivity index (χ4n) is 2.81. The lowest BCUT2D eigenvalue weighted by atomic mass is 9.99. The van der Waals surface area contributed by atoms with Gasteiger partial charge in [-0.25, -0.2) is 14.8 Å². The molecule has 3 heterocycles. The molecule has 0 fully saturated rings. The van der Waals surface area contributed by atoms with E-state index in [1.807, 2.05) is 0 Å². The van der Waals surface area contributed by atoms with Gasteiger partial charge in [-0.15, -0.1) is 11.3 Å². The second-order valence-electron chi connectivity index (χ2n) is 5.89. The van der Waals surface area contributed by atoms with E-state index in [0.717, 1.165) is 17.5 Å². The summed E-state index contributed by atoms with van der Waals surface area (Å²) in [5.41, 5.74) is -0.556. The van der Waals surface area contributed by atoms with Gasteiger partial charge in [0, 0.05) is 30.6 Å². The van der Waals surface area contributed by atoms with E-state index in [1.165, 1.54) is 18.4 Å². The molecule has 0 bridgehead atoms. The van der Waals surface area contributed by atoms with E-state index in [2.05, 4.69) is 20.0 Å². The van der Waals surface area contributed by atoms with Gasteiger partial charge in [0.2, 0.25) is 0 Å². The average Bonchev–Trinajstić information content (AvgIpc) is 3.14. The molecule has 0 aliphatic carbocycles. The van der Waals surface area contributed by atoms with E-state index in [9.17, 15) is 18.0 Å². The van der Waals surface area contributed by atoms with Gasteiger partial charge in [-0.1, -0.05) is 0 Å². The molecule has 136 valence electrons. The number of aromatic nitrogens is 3. The van der Waals surface area contributed by atoms with Crippen LogP contribution < -0.4 is 5.32 Å². The van der Waals surface area contributed by atoms with Crippen LogP contribution in [-0.4, -0.2) is 34.2 Å². The van der Waals surface area contributed by atoms with Crippen molar-refractivity contribution in [3.05, 3.63) is 28.3 Å². The summed E-state index contributed by atoms with van der Waals surface area (Å²) in [6, 6.07) is 0. The Morgan fingerprint density at radius 2 is 2.24 bits per heavy atom. The highest BCUT2D eigenvalue weighted by atomic mass is 32.1. The van der Waals surface area contributed by atoms with E-state index < -0.39 is 17.8 Å². The largest absolute Gasteiger partial charge is 0.464 e. The molecular formula is C15H17F3N4O2S. The van der Waals surface area contributed by atoms with Crippen LogP contribution in [0, 0.1) is 12.8 Å². The number of halogens is 3. The molecule has 0 saturated heterocycles. The Hall–Kier alpha value is -2.10. The minimum absolute atomic E-state index is 0.161. The molecule has 0 unspecified atom stereocenters. The summed E-state index contributed by atoms with van der Waals surface area (Å²) in [5, 5.41) is 3.77. The number of esters is 1. The molecule has 0 spiro atoms. The van der Waals surface area contributed by atoms with Crippen LogP contribution in [0.5, 0.6) is 0 Å². The van der Waals surface area contributed by atoms with E-state index in [1.54, 1.807) is 11.5 Å². The predicted octanol–water partition coefficient (Wildman–Crippen LogP) is 3.13. The van der Waals surface area contributed by atoms with Gasteiger partial charge in [0.15, 0.2) is 16.5 Å². The van der Waals surface area contributed by atoms with Crippen molar-refractivity contribution < 1.29 is 22.7 Å². The molecule has 1 aliphatic rings. The van der Waals surface area contributed by atoms with Crippen molar-refractivity contribution in [2.24, 2.45) is 5.92 Å². The van der Waals surface area contributed by atoms with Gasteiger partial charge in [0.05, 0.1) is 7.11 Å². The lowest BCUT2D eigenvalue weighted by Crippen LogP contribution is -2.25. The van der Waals surface area contributed by atoms with E-state index in [0.29, 0.717) is 30.5 Å². The summed E-state index contributed by atoms with van der Waals surface area (Å²) in [4.78, 5) is 20.2. The Labute approximate surface area is 146 Å². The second kappa shape index (κ2) is 6.66. The van der Waals surface area contributed by atoms with Crippen molar-refractivity contribution in [3.8, 4) is 0 Å². The number of nitrogens with zero attached hydrogens (tertiary/aromatic N) is 3. The number of aryl methyl sites for hydroxylation is 2. The lowest BCUT2D eigenvalue weighted by molar-refractivity contribution is -0.141. The number of anilines is 1. The minimum Gasteiger partial charge on any atom is -0.464 e. The predicted molar refractivity (Wildman–Crippen MR) is 85.7 cm³/mol. The molecule has 0 radical (unpaired) electrons. The highest BCUT2D eigenvalue weighted by Crippen LogP contribution is 2.31. The van der Waals surface area contributed by atoms with Crippen LogP contribution in [0.1, 0.15) is 33.3 Å². The number of thiazole rings is 1. The Balaban J connectivity index is 1.62. The molecule has 10 heteroatoms. The number of rotatable bonds is 4. The number of nitrogens with one attached hydrogen (secondary N) is 1. The first-order valence-corrected chi connectivity index (χ1v) is 8.52. The zero-order chi connectivity index (χ0) is 18.2. The molecule has 6 nitrogen and oxygen atoms in total. The number of alkyl halides is 3. The average molecular weight is 374 g/mol. The van der Waals surface area contributed by atoms with E-state index in [4.69, 9.17) is 0 Å². The van der Waals surface area contributed by atoms with Gasteiger partial charge in [0.1, 0.15) is 5.82 Å². The number of hydrogen-bond donors (Lipinski definition) is 1. The summed E-state index contributed by atoms with van der Waals surface area (Å²) in [7, 11) is 1.30. The van der Waals surface area contributed by atoms with Crippen molar-refractivity contribution in [3.63, 3.8) is 0 Å². The SMILES string of the molecule is COC(=O)c1nc(NC[C@H]2CCc3nc(C(F)(F)F)cn3C2)sc1C. The number of imidazole rings is 1. The maximum atomic E-state index is 12.7. The zero-order valence-electron chi connectivity index (χ0n) is 13.7. The number of hydrogen-bond acceptors (Lipinski definition) is 6. The number of carbonyl (C=O) groups excluding carboxylic acids is 1. The summed E-state index contributed by atoms with van der Waals surface area (Å²) in [5.74, 6) is 0.150. The summed E-state index contributed by atoms with van der Waals surface area (Å²) < 4.78 is 44.5. The fraction of sp³-hybridized carbons (Fsp3) is 0.533. The maximum Gasteiger partial charge on any atom is 0.434 e. The van der Waals surface area contributed by atoms with Crippen LogP contribution >= 0.6 is 11.3 Å². The topological polar surface area (TPSA) is 69.0 Å². The van der Waals surface area contributed by atoms with Crippen LogP contribution in [0.2, 0.25) is 0 Å². The van der Waals surface area contributed by atoms with Gasteiger partial charge in [-0.2, -0.15) is 13.2 Å². The number of methoxy groups -OCH3 is 1. The van der Waals surface area contributed by atoms with Crippen molar-refractivity contribution in [1.82, 2.24) is 14.5 Å². The summed E-state index contributed by atoms with van der Waals surface area (Å²) >= 11 is 1.35. The summed E-state index contributed by atoms with van der Waals surface area (Å²) in [6.45, 7) is 2.82. The lowest BCUT2D eigenvalue weighted by Gasteiger charge is -2.23. The molecule has 0 saturated carbocycles. The van der Waals surface area contributed by atoms with Crippen molar-refractivity contribution in [2.75, 3.05) is 19.0 Å². The molecular weight excluding hydrogens is 357 g/mol. The summed E-state index contributed by atoms with van der Waals surface area (Å²) in [6.07, 6.45) is -2.09.